The molecule has 1 heterocycles. The molecule has 2 amide bonds. The third kappa shape index (κ3) is 3.09. The molecule has 0 saturated carbocycles. The Labute approximate surface area is 128 Å². The van der Waals surface area contributed by atoms with Crippen LogP contribution in [0.3, 0.4) is 0 Å². The normalized spacial score (nSPS) is 12.0. The summed E-state index contributed by atoms with van der Waals surface area (Å²) in [6, 6.07) is 5.62. The number of nitrogens with zero attached hydrogens (tertiary/aromatic N) is 3. The van der Waals surface area contributed by atoms with Gasteiger partial charge in [-0.05, 0) is 26.0 Å². The summed E-state index contributed by atoms with van der Waals surface area (Å²) in [6.45, 7) is 3.34. The second kappa shape index (κ2) is 6.57. The van der Waals surface area contributed by atoms with Crippen molar-refractivity contribution < 1.29 is 14.3 Å². The predicted molar refractivity (Wildman–Crippen MR) is 81.6 cm³/mol. The molecule has 0 fully saturated rings. The second-order valence-corrected chi connectivity index (χ2v) is 5.08. The van der Waals surface area contributed by atoms with Crippen LogP contribution in [0.5, 0.6) is 0 Å². The minimum atomic E-state index is -0.391. The fourth-order valence-electron chi connectivity index (χ4n) is 1.92. The zero-order valence-corrected chi connectivity index (χ0v) is 12.7. The maximum absolute atomic E-state index is 13.8. The highest BCUT2D eigenvalue weighted by Gasteiger charge is 2.18. The number of halogens is 1. The van der Waals surface area contributed by atoms with Crippen LogP contribution in [-0.2, 0) is 0 Å². The number of aliphatic hydroxyl groups excluding tert-OH is 1. The number of urea groups is 1. The van der Waals surface area contributed by atoms with Crippen LogP contribution in [0, 0.1) is 12.7 Å². The Hall–Kier alpha value is -2.41. The number of hydrogen-bond donors (Lipinski definition) is 2. The maximum Gasteiger partial charge on any atom is 0.322 e. The summed E-state index contributed by atoms with van der Waals surface area (Å²) in [4.78, 5) is 13.5. The van der Waals surface area contributed by atoms with Crippen molar-refractivity contribution in [3.63, 3.8) is 0 Å². The minimum absolute atomic E-state index is 0.128. The molecule has 22 heavy (non-hydrogen) atoms. The lowest BCUT2D eigenvalue weighted by Gasteiger charge is -2.23. The number of aliphatic hydroxyl groups is 1. The Bertz CT molecular complexity index is 671. The van der Waals surface area contributed by atoms with Gasteiger partial charge in [0.15, 0.2) is 0 Å². The number of hydrogen-bond acceptors (Lipinski definition) is 3. The van der Waals surface area contributed by atoms with Crippen molar-refractivity contribution in [1.29, 1.82) is 0 Å². The van der Waals surface area contributed by atoms with Crippen LogP contribution in [0.25, 0.3) is 5.69 Å². The van der Waals surface area contributed by atoms with E-state index in [4.69, 9.17) is 5.11 Å². The number of nitrogens with one attached hydrogen (secondary N) is 1. The van der Waals surface area contributed by atoms with Crippen LogP contribution < -0.4 is 5.32 Å². The zero-order chi connectivity index (χ0) is 16.3. The lowest BCUT2D eigenvalue weighted by molar-refractivity contribution is 0.166. The topological polar surface area (TPSA) is 70.4 Å². The van der Waals surface area contributed by atoms with E-state index in [0.29, 0.717) is 17.1 Å². The molecule has 1 aromatic carbocycles. The number of benzene rings is 1. The molecule has 2 aromatic rings. The Balaban J connectivity index is 2.22. The molecule has 0 spiro atoms. The lowest BCUT2D eigenvalue weighted by Crippen LogP contribution is -2.40. The summed E-state index contributed by atoms with van der Waals surface area (Å²) >= 11 is 0. The van der Waals surface area contributed by atoms with E-state index in [0.717, 1.165) is 0 Å². The highest BCUT2D eigenvalue weighted by Crippen LogP contribution is 2.20. The third-order valence-electron chi connectivity index (χ3n) is 3.58. The molecule has 0 aliphatic heterocycles. The maximum atomic E-state index is 13.8. The average molecular weight is 306 g/mol. The van der Waals surface area contributed by atoms with Gasteiger partial charge >= 0.3 is 6.03 Å². The van der Waals surface area contributed by atoms with Crippen LogP contribution in [-0.4, -0.2) is 45.5 Å². The molecule has 6 nitrogen and oxygen atoms in total. The molecule has 0 aliphatic rings. The van der Waals surface area contributed by atoms with E-state index in [9.17, 15) is 9.18 Å². The van der Waals surface area contributed by atoms with Gasteiger partial charge in [-0.1, -0.05) is 12.1 Å². The average Bonchev–Trinajstić information content (AvgIpc) is 2.87. The summed E-state index contributed by atoms with van der Waals surface area (Å²) in [6.07, 6.45) is 1.47. The van der Waals surface area contributed by atoms with Crippen molar-refractivity contribution in [2.24, 2.45) is 0 Å². The highest BCUT2D eigenvalue weighted by molar-refractivity contribution is 5.89. The van der Waals surface area contributed by atoms with Gasteiger partial charge in [-0.2, -0.15) is 5.10 Å². The van der Waals surface area contributed by atoms with E-state index in [1.807, 2.05) is 0 Å². The Morgan fingerprint density at radius 1 is 1.50 bits per heavy atom. The summed E-state index contributed by atoms with van der Waals surface area (Å²) in [5.41, 5.74) is 1.42. The molecule has 1 aromatic heterocycles. The smallest absolute Gasteiger partial charge is 0.322 e. The number of carbonyl (C=O) groups excluding carboxylic acids is 1. The Morgan fingerprint density at radius 2 is 2.18 bits per heavy atom. The molecular formula is C15H19FN4O2. The molecule has 2 N–H and O–H groups in total. The van der Waals surface area contributed by atoms with Crippen LogP contribution >= 0.6 is 0 Å². The first kappa shape index (κ1) is 16.0. The number of likely N-dealkylation sites (N-methyl/N-ethyl adjacent to an activating group) is 1. The van der Waals surface area contributed by atoms with E-state index < -0.39 is 5.82 Å². The number of anilines is 1. The van der Waals surface area contributed by atoms with Crippen molar-refractivity contribution in [2.45, 2.75) is 19.9 Å². The van der Waals surface area contributed by atoms with Crippen LogP contribution in [0.1, 0.15) is 12.6 Å². The number of carbonyl (C=O) groups is 1. The number of rotatable bonds is 4. The molecule has 0 radical (unpaired) electrons. The molecule has 2 rings (SSSR count). The molecule has 0 bridgehead atoms. The summed E-state index contributed by atoms with van der Waals surface area (Å²) in [5, 5.41) is 15.9. The van der Waals surface area contributed by atoms with Gasteiger partial charge in [0.1, 0.15) is 11.5 Å². The van der Waals surface area contributed by atoms with Crippen LogP contribution in [0.4, 0.5) is 14.9 Å². The first-order chi connectivity index (χ1) is 10.5. The van der Waals surface area contributed by atoms with E-state index in [1.54, 1.807) is 39.1 Å². The monoisotopic (exact) mass is 306 g/mol. The first-order valence-electron chi connectivity index (χ1n) is 6.90. The van der Waals surface area contributed by atoms with Crippen molar-refractivity contribution >= 4 is 11.7 Å². The van der Waals surface area contributed by atoms with Gasteiger partial charge in [0.2, 0.25) is 0 Å². The lowest BCUT2D eigenvalue weighted by atomic mass is 10.3. The third-order valence-corrected chi connectivity index (χ3v) is 3.58. The highest BCUT2D eigenvalue weighted by atomic mass is 19.1. The van der Waals surface area contributed by atoms with Crippen molar-refractivity contribution in [3.05, 3.63) is 42.0 Å². The molecule has 118 valence electrons. The summed E-state index contributed by atoms with van der Waals surface area (Å²) in [5.74, 6) is -0.391. The summed E-state index contributed by atoms with van der Waals surface area (Å²) < 4.78 is 15.3. The zero-order valence-electron chi connectivity index (χ0n) is 12.7. The minimum Gasteiger partial charge on any atom is -0.394 e. The number of amides is 2. The Kier molecular flexibility index (Phi) is 4.77. The largest absolute Gasteiger partial charge is 0.394 e. The number of aromatic nitrogens is 2. The van der Waals surface area contributed by atoms with Crippen molar-refractivity contribution in [2.75, 3.05) is 19.0 Å². The van der Waals surface area contributed by atoms with Crippen molar-refractivity contribution in [1.82, 2.24) is 14.7 Å². The standard InChI is InChI=1S/C15H19FN4O2/c1-10(9-21)19(3)15(22)18-13-8-17-20(11(13)2)14-7-5-4-6-12(14)16/h4-8,10,21H,9H2,1-3H3,(H,18,22). The van der Waals surface area contributed by atoms with Crippen LogP contribution in [0.15, 0.2) is 30.5 Å². The summed E-state index contributed by atoms with van der Waals surface area (Å²) in [7, 11) is 1.59. The first-order valence-corrected chi connectivity index (χ1v) is 6.90. The second-order valence-electron chi connectivity index (χ2n) is 5.08. The van der Waals surface area contributed by atoms with E-state index in [2.05, 4.69) is 10.4 Å². The molecule has 0 saturated heterocycles. The Morgan fingerprint density at radius 3 is 2.82 bits per heavy atom. The number of para-hydroxylation sites is 1. The predicted octanol–water partition coefficient (Wildman–Crippen LogP) is 2.16. The van der Waals surface area contributed by atoms with Gasteiger partial charge in [0.25, 0.3) is 0 Å². The van der Waals surface area contributed by atoms with Gasteiger partial charge in [0, 0.05) is 7.05 Å². The van der Waals surface area contributed by atoms with Gasteiger partial charge in [-0.3, -0.25) is 0 Å². The van der Waals surface area contributed by atoms with E-state index in [1.165, 1.54) is 21.8 Å². The van der Waals surface area contributed by atoms with Gasteiger partial charge in [0.05, 0.1) is 30.2 Å². The molecular weight excluding hydrogens is 287 g/mol. The molecule has 0 aliphatic carbocycles. The molecule has 7 heteroatoms. The van der Waals surface area contributed by atoms with E-state index >= 15 is 0 Å². The quantitative estimate of drug-likeness (QED) is 0.909. The fraction of sp³-hybridized carbons (Fsp3) is 0.333. The fourth-order valence-corrected chi connectivity index (χ4v) is 1.92. The van der Waals surface area contributed by atoms with Gasteiger partial charge in [-0.15, -0.1) is 0 Å². The molecule has 1 unspecified atom stereocenters. The SMILES string of the molecule is Cc1c(NC(=O)N(C)C(C)CO)cnn1-c1ccccc1F. The van der Waals surface area contributed by atoms with Crippen LogP contribution in [0.2, 0.25) is 0 Å². The van der Waals surface area contributed by atoms with Gasteiger partial charge in [-0.25, -0.2) is 13.9 Å². The van der Waals surface area contributed by atoms with E-state index in [-0.39, 0.29) is 18.7 Å². The molecule has 1 atom stereocenters. The van der Waals surface area contributed by atoms with Crippen molar-refractivity contribution in [3.8, 4) is 5.69 Å². The van der Waals surface area contributed by atoms with Gasteiger partial charge < -0.3 is 15.3 Å².